The zero-order valence-electron chi connectivity index (χ0n) is 11.2. The molecular weight excluding hydrogens is 296 g/mol. The zero-order valence-corrected chi connectivity index (χ0v) is 12.8. The van der Waals surface area contributed by atoms with Gasteiger partial charge in [0.2, 0.25) is 0 Å². The molecule has 2 N–H and O–H groups in total. The minimum Gasteiger partial charge on any atom is -0.478 e. The first-order chi connectivity index (χ1) is 9.47. The fraction of sp³-hybridized carbons (Fsp3) is 0.214. The highest BCUT2D eigenvalue weighted by atomic mass is 35.5. The van der Waals surface area contributed by atoms with E-state index in [4.69, 9.17) is 16.7 Å². The topological polar surface area (TPSA) is 52.6 Å². The minimum atomic E-state index is -0.899. The third-order valence-corrected chi connectivity index (χ3v) is 3.97. The molecule has 0 aliphatic heterocycles. The van der Waals surface area contributed by atoms with E-state index in [-0.39, 0.29) is 0 Å². The van der Waals surface area contributed by atoms with Crippen LogP contribution in [0.4, 0.5) is 11.4 Å². The maximum atomic E-state index is 10.8. The van der Waals surface area contributed by atoms with Gasteiger partial charge in [0, 0.05) is 35.9 Å². The second-order valence-corrected chi connectivity index (χ2v) is 5.95. The lowest BCUT2D eigenvalue weighted by Crippen LogP contribution is -2.12. The summed E-state index contributed by atoms with van der Waals surface area (Å²) in [7, 11) is 3.92. The van der Waals surface area contributed by atoms with E-state index in [1.165, 1.54) is 11.3 Å². The Hall–Kier alpha value is -1.72. The van der Waals surface area contributed by atoms with Gasteiger partial charge in [-0.25, -0.2) is 4.79 Å². The molecule has 0 spiro atoms. The summed E-state index contributed by atoms with van der Waals surface area (Å²) >= 11 is 7.44. The standard InChI is InChI=1S/C14H15ClN2O2S/c1-17(2)13-4-3-10(15)6-12(13)16-7-11-5-9(8-20-11)14(18)19/h3-6,8,16H,7H2,1-2H3,(H,18,19). The molecule has 4 nitrogen and oxygen atoms in total. The van der Waals surface area contributed by atoms with Crippen molar-refractivity contribution in [1.82, 2.24) is 0 Å². The monoisotopic (exact) mass is 310 g/mol. The molecule has 0 saturated carbocycles. The Kier molecular flexibility index (Phi) is 4.52. The van der Waals surface area contributed by atoms with Gasteiger partial charge in [-0.15, -0.1) is 11.3 Å². The second-order valence-electron chi connectivity index (χ2n) is 4.52. The lowest BCUT2D eigenvalue weighted by atomic mass is 10.2. The number of nitrogens with zero attached hydrogens (tertiary/aromatic N) is 1. The van der Waals surface area contributed by atoms with Crippen LogP contribution in [0.5, 0.6) is 0 Å². The number of nitrogens with one attached hydrogen (secondary N) is 1. The number of carboxylic acids is 1. The van der Waals surface area contributed by atoms with Crippen LogP contribution in [0.1, 0.15) is 15.2 Å². The molecule has 106 valence electrons. The molecule has 0 aliphatic carbocycles. The molecular formula is C14H15ClN2O2S. The van der Waals surface area contributed by atoms with Crippen molar-refractivity contribution in [3.63, 3.8) is 0 Å². The van der Waals surface area contributed by atoms with Crippen molar-refractivity contribution in [2.75, 3.05) is 24.3 Å². The summed E-state index contributed by atoms with van der Waals surface area (Å²) in [6, 6.07) is 7.33. The van der Waals surface area contributed by atoms with Crippen LogP contribution >= 0.6 is 22.9 Å². The molecule has 0 atom stereocenters. The number of carbonyl (C=O) groups is 1. The maximum Gasteiger partial charge on any atom is 0.336 e. The Morgan fingerprint density at radius 2 is 2.15 bits per heavy atom. The van der Waals surface area contributed by atoms with Crippen molar-refractivity contribution < 1.29 is 9.90 Å². The first-order valence-corrected chi connectivity index (χ1v) is 7.24. The Balaban J connectivity index is 2.13. The molecule has 2 rings (SSSR count). The van der Waals surface area contributed by atoms with Gasteiger partial charge in [-0.2, -0.15) is 0 Å². The highest BCUT2D eigenvalue weighted by Gasteiger charge is 2.08. The van der Waals surface area contributed by atoms with Crippen LogP contribution in [0.25, 0.3) is 0 Å². The highest BCUT2D eigenvalue weighted by molar-refractivity contribution is 7.10. The van der Waals surface area contributed by atoms with Crippen LogP contribution in [-0.2, 0) is 6.54 Å². The minimum absolute atomic E-state index is 0.325. The largest absolute Gasteiger partial charge is 0.478 e. The third kappa shape index (κ3) is 3.43. The molecule has 0 aliphatic rings. The molecule has 0 amide bonds. The lowest BCUT2D eigenvalue weighted by Gasteiger charge is -2.18. The molecule has 1 heterocycles. The summed E-state index contributed by atoms with van der Waals surface area (Å²) in [6.07, 6.45) is 0. The number of carboxylic acid groups (broad SMARTS) is 1. The second kappa shape index (κ2) is 6.15. The van der Waals surface area contributed by atoms with Crippen LogP contribution in [0, 0.1) is 0 Å². The van der Waals surface area contributed by atoms with Gasteiger partial charge >= 0.3 is 5.97 Å². The first-order valence-electron chi connectivity index (χ1n) is 5.99. The fourth-order valence-corrected chi connectivity index (χ4v) is 2.78. The predicted octanol–water partition coefficient (Wildman–Crippen LogP) is 3.78. The number of halogens is 1. The van der Waals surface area contributed by atoms with Crippen LogP contribution in [0.15, 0.2) is 29.6 Å². The predicted molar refractivity (Wildman–Crippen MR) is 84.4 cm³/mol. The SMILES string of the molecule is CN(C)c1ccc(Cl)cc1NCc1cc(C(=O)O)cs1. The molecule has 20 heavy (non-hydrogen) atoms. The molecule has 6 heteroatoms. The van der Waals surface area contributed by atoms with Gasteiger partial charge in [0.15, 0.2) is 0 Å². The average Bonchev–Trinajstić information content (AvgIpc) is 2.85. The number of benzene rings is 1. The molecule has 1 aromatic heterocycles. The van der Waals surface area contributed by atoms with Gasteiger partial charge in [-0.1, -0.05) is 11.6 Å². The van der Waals surface area contributed by atoms with Crippen LogP contribution in [0.3, 0.4) is 0 Å². The smallest absolute Gasteiger partial charge is 0.336 e. The number of hydrogen-bond acceptors (Lipinski definition) is 4. The summed E-state index contributed by atoms with van der Waals surface area (Å²) in [5, 5.41) is 14.5. The van der Waals surface area contributed by atoms with E-state index >= 15 is 0 Å². The van der Waals surface area contributed by atoms with Gasteiger partial charge in [0.05, 0.1) is 16.9 Å². The zero-order chi connectivity index (χ0) is 14.7. The van der Waals surface area contributed by atoms with Gasteiger partial charge in [0.1, 0.15) is 0 Å². The van der Waals surface area contributed by atoms with E-state index in [9.17, 15) is 4.79 Å². The Morgan fingerprint density at radius 1 is 1.40 bits per heavy atom. The van der Waals surface area contributed by atoms with Crippen molar-refractivity contribution in [3.8, 4) is 0 Å². The van der Waals surface area contributed by atoms with E-state index in [2.05, 4.69) is 5.32 Å². The summed E-state index contributed by atoms with van der Waals surface area (Å²) in [6.45, 7) is 0.569. The van der Waals surface area contributed by atoms with Gasteiger partial charge in [0.25, 0.3) is 0 Å². The first kappa shape index (κ1) is 14.7. The van der Waals surface area contributed by atoms with Gasteiger partial charge in [-0.3, -0.25) is 0 Å². The quantitative estimate of drug-likeness (QED) is 0.882. The Labute approximate surface area is 126 Å². The van der Waals surface area contributed by atoms with Gasteiger partial charge in [-0.05, 0) is 24.3 Å². The summed E-state index contributed by atoms with van der Waals surface area (Å²) < 4.78 is 0. The van der Waals surface area contributed by atoms with Crippen LogP contribution in [0.2, 0.25) is 5.02 Å². The van der Waals surface area contributed by atoms with E-state index in [1.807, 2.05) is 37.2 Å². The summed E-state index contributed by atoms with van der Waals surface area (Å²) in [5.74, 6) is -0.899. The van der Waals surface area contributed by atoms with Crippen LogP contribution in [-0.4, -0.2) is 25.2 Å². The third-order valence-electron chi connectivity index (χ3n) is 2.79. The van der Waals surface area contributed by atoms with Crippen molar-refractivity contribution in [3.05, 3.63) is 45.1 Å². The van der Waals surface area contributed by atoms with Gasteiger partial charge < -0.3 is 15.3 Å². The van der Waals surface area contributed by atoms with E-state index < -0.39 is 5.97 Å². The number of anilines is 2. The maximum absolute atomic E-state index is 10.8. The molecule has 2 aromatic rings. The highest BCUT2D eigenvalue weighted by Crippen LogP contribution is 2.28. The van der Waals surface area contributed by atoms with Crippen molar-refractivity contribution in [2.45, 2.75) is 6.54 Å². The van der Waals surface area contributed by atoms with Crippen molar-refractivity contribution in [2.24, 2.45) is 0 Å². The van der Waals surface area contributed by atoms with Crippen molar-refractivity contribution >= 4 is 40.3 Å². The van der Waals surface area contributed by atoms with Crippen LogP contribution < -0.4 is 10.2 Å². The average molecular weight is 311 g/mol. The van der Waals surface area contributed by atoms with E-state index in [1.54, 1.807) is 11.4 Å². The fourth-order valence-electron chi connectivity index (χ4n) is 1.81. The number of rotatable bonds is 5. The Bertz CT molecular complexity index is 625. The summed E-state index contributed by atoms with van der Waals surface area (Å²) in [5.41, 5.74) is 2.28. The Morgan fingerprint density at radius 3 is 2.75 bits per heavy atom. The molecule has 1 aromatic carbocycles. The number of hydrogen-bond donors (Lipinski definition) is 2. The van der Waals surface area contributed by atoms with E-state index in [0.717, 1.165) is 16.3 Å². The number of thiophene rings is 1. The van der Waals surface area contributed by atoms with E-state index in [0.29, 0.717) is 17.1 Å². The summed E-state index contributed by atoms with van der Waals surface area (Å²) in [4.78, 5) is 13.8. The van der Waals surface area contributed by atoms with Crippen molar-refractivity contribution in [1.29, 1.82) is 0 Å². The molecule has 0 fully saturated rings. The molecule has 0 unspecified atom stereocenters. The number of aromatic carboxylic acids is 1. The lowest BCUT2D eigenvalue weighted by molar-refractivity contribution is 0.0697. The molecule has 0 saturated heterocycles. The molecule has 0 radical (unpaired) electrons. The molecule has 0 bridgehead atoms. The normalized spacial score (nSPS) is 10.3.